The summed E-state index contributed by atoms with van der Waals surface area (Å²) in [6, 6.07) is 5.01. The smallest absolute Gasteiger partial charge is 0.292 e. The molecule has 0 aliphatic carbocycles. The first-order chi connectivity index (χ1) is 6.74. The predicted molar refractivity (Wildman–Crippen MR) is 51.3 cm³/mol. The molecule has 1 atom stereocenters. The third-order valence-corrected chi connectivity index (χ3v) is 2.37. The van der Waals surface area contributed by atoms with Crippen LogP contribution in [0.2, 0.25) is 0 Å². The Labute approximate surface area is 80.8 Å². The van der Waals surface area contributed by atoms with E-state index in [0.717, 1.165) is 5.56 Å². The van der Waals surface area contributed by atoms with Crippen molar-refractivity contribution in [1.82, 2.24) is 0 Å². The Hall–Kier alpha value is -1.62. The molecule has 74 valence electrons. The normalized spacial score (nSPS) is 18.8. The molecule has 0 bridgehead atoms. The molecule has 0 aromatic heterocycles. The standard InChI is InChI=1S/C9H10N2O3/c1-14-8-5-10-9-6(8)3-2-4-7(9)11(12)13/h2-4,8,10H,5H2,1H3. The van der Waals surface area contributed by atoms with Gasteiger partial charge in [0, 0.05) is 25.3 Å². The van der Waals surface area contributed by atoms with Crippen molar-refractivity contribution in [2.45, 2.75) is 6.10 Å². The fraction of sp³-hybridized carbons (Fsp3) is 0.333. The summed E-state index contributed by atoms with van der Waals surface area (Å²) in [4.78, 5) is 10.3. The molecule has 14 heavy (non-hydrogen) atoms. The highest BCUT2D eigenvalue weighted by atomic mass is 16.6. The summed E-state index contributed by atoms with van der Waals surface area (Å²) in [5.74, 6) is 0. The molecule has 1 aromatic rings. The molecule has 0 amide bonds. The number of fused-ring (bicyclic) bond motifs is 1. The molecule has 1 aliphatic heterocycles. The lowest BCUT2D eigenvalue weighted by molar-refractivity contribution is -0.383. The Balaban J connectivity index is 2.49. The maximum atomic E-state index is 10.7. The van der Waals surface area contributed by atoms with Crippen LogP contribution >= 0.6 is 0 Å². The van der Waals surface area contributed by atoms with E-state index in [0.29, 0.717) is 12.2 Å². The van der Waals surface area contributed by atoms with Gasteiger partial charge in [0.1, 0.15) is 11.8 Å². The van der Waals surface area contributed by atoms with Gasteiger partial charge in [0.2, 0.25) is 0 Å². The summed E-state index contributed by atoms with van der Waals surface area (Å²) in [6.45, 7) is 0.594. The number of ether oxygens (including phenoxy) is 1. The van der Waals surface area contributed by atoms with Crippen LogP contribution in [0.15, 0.2) is 18.2 Å². The van der Waals surface area contributed by atoms with Crippen LogP contribution in [0.3, 0.4) is 0 Å². The number of hydrogen-bond acceptors (Lipinski definition) is 4. The fourth-order valence-electron chi connectivity index (χ4n) is 1.69. The van der Waals surface area contributed by atoms with Crippen molar-refractivity contribution in [3.63, 3.8) is 0 Å². The fourth-order valence-corrected chi connectivity index (χ4v) is 1.69. The molecule has 0 spiro atoms. The lowest BCUT2D eigenvalue weighted by Crippen LogP contribution is -2.03. The van der Waals surface area contributed by atoms with E-state index >= 15 is 0 Å². The molecule has 1 N–H and O–H groups in total. The van der Waals surface area contributed by atoms with Crippen molar-refractivity contribution >= 4 is 11.4 Å². The Morgan fingerprint density at radius 1 is 1.64 bits per heavy atom. The minimum atomic E-state index is -0.385. The van der Waals surface area contributed by atoms with Crippen LogP contribution in [0.25, 0.3) is 0 Å². The van der Waals surface area contributed by atoms with Gasteiger partial charge in [0.25, 0.3) is 5.69 Å². The van der Waals surface area contributed by atoms with Crippen LogP contribution in [0.1, 0.15) is 11.7 Å². The van der Waals surface area contributed by atoms with Crippen molar-refractivity contribution < 1.29 is 9.66 Å². The van der Waals surface area contributed by atoms with Gasteiger partial charge in [-0.15, -0.1) is 0 Å². The van der Waals surface area contributed by atoms with Crippen LogP contribution in [-0.4, -0.2) is 18.6 Å². The largest absolute Gasteiger partial charge is 0.376 e. The lowest BCUT2D eigenvalue weighted by Gasteiger charge is -2.06. The summed E-state index contributed by atoms with van der Waals surface area (Å²) < 4.78 is 5.19. The quantitative estimate of drug-likeness (QED) is 0.575. The monoisotopic (exact) mass is 194 g/mol. The molecule has 1 aromatic carbocycles. The zero-order chi connectivity index (χ0) is 10.1. The molecule has 0 saturated heterocycles. The molecule has 0 fully saturated rings. The third-order valence-electron chi connectivity index (χ3n) is 2.37. The summed E-state index contributed by atoms with van der Waals surface area (Å²) in [5, 5.41) is 13.7. The van der Waals surface area contributed by atoms with Crippen LogP contribution in [0.5, 0.6) is 0 Å². The number of nitrogens with one attached hydrogen (secondary N) is 1. The number of para-hydroxylation sites is 1. The number of anilines is 1. The number of methoxy groups -OCH3 is 1. The van der Waals surface area contributed by atoms with Crippen molar-refractivity contribution in [1.29, 1.82) is 0 Å². The first-order valence-electron chi connectivity index (χ1n) is 4.28. The zero-order valence-electron chi connectivity index (χ0n) is 7.69. The Bertz CT molecular complexity index is 378. The van der Waals surface area contributed by atoms with Crippen molar-refractivity contribution in [2.24, 2.45) is 0 Å². The molecule has 5 heteroatoms. The second kappa shape index (κ2) is 3.26. The molecule has 5 nitrogen and oxygen atoms in total. The Morgan fingerprint density at radius 2 is 2.43 bits per heavy atom. The Kier molecular flexibility index (Phi) is 2.09. The van der Waals surface area contributed by atoms with E-state index in [1.54, 1.807) is 13.2 Å². The van der Waals surface area contributed by atoms with Crippen LogP contribution in [0, 0.1) is 10.1 Å². The lowest BCUT2D eigenvalue weighted by atomic mass is 10.1. The van der Waals surface area contributed by atoms with Gasteiger partial charge in [-0.25, -0.2) is 0 Å². The van der Waals surface area contributed by atoms with E-state index < -0.39 is 0 Å². The second-order valence-corrected chi connectivity index (χ2v) is 3.10. The highest BCUT2D eigenvalue weighted by molar-refractivity contribution is 5.69. The third kappa shape index (κ3) is 1.22. The maximum Gasteiger partial charge on any atom is 0.292 e. The van der Waals surface area contributed by atoms with E-state index in [2.05, 4.69) is 5.32 Å². The number of benzene rings is 1. The summed E-state index contributed by atoms with van der Waals surface area (Å²) in [5.41, 5.74) is 1.56. The Morgan fingerprint density at radius 3 is 3.07 bits per heavy atom. The molecular formula is C9H10N2O3. The molecule has 0 radical (unpaired) electrons. The van der Waals surface area contributed by atoms with Crippen LogP contribution in [-0.2, 0) is 4.74 Å². The van der Waals surface area contributed by atoms with Gasteiger partial charge in [-0.2, -0.15) is 0 Å². The predicted octanol–water partition coefficient (Wildman–Crippen LogP) is 1.71. The van der Waals surface area contributed by atoms with Crippen LogP contribution < -0.4 is 5.32 Å². The van der Waals surface area contributed by atoms with E-state index in [-0.39, 0.29) is 16.7 Å². The van der Waals surface area contributed by atoms with E-state index in [9.17, 15) is 10.1 Å². The maximum absolute atomic E-state index is 10.7. The minimum Gasteiger partial charge on any atom is -0.376 e. The van der Waals surface area contributed by atoms with Gasteiger partial charge >= 0.3 is 0 Å². The van der Waals surface area contributed by atoms with Crippen molar-refractivity contribution in [3.8, 4) is 0 Å². The highest BCUT2D eigenvalue weighted by Gasteiger charge is 2.28. The minimum absolute atomic E-state index is 0.0788. The molecule has 1 heterocycles. The number of nitro groups is 1. The number of nitrogens with zero attached hydrogens (tertiary/aromatic N) is 1. The average molecular weight is 194 g/mol. The molecule has 1 unspecified atom stereocenters. The van der Waals surface area contributed by atoms with Gasteiger partial charge in [-0.1, -0.05) is 12.1 Å². The molecule has 2 rings (SSSR count). The highest BCUT2D eigenvalue weighted by Crippen LogP contribution is 2.38. The first kappa shape index (κ1) is 8.96. The molecule has 1 aliphatic rings. The van der Waals surface area contributed by atoms with Gasteiger partial charge < -0.3 is 10.1 Å². The topological polar surface area (TPSA) is 64.4 Å². The van der Waals surface area contributed by atoms with E-state index in [1.165, 1.54) is 6.07 Å². The van der Waals surface area contributed by atoms with Gasteiger partial charge in [0.05, 0.1) is 4.92 Å². The second-order valence-electron chi connectivity index (χ2n) is 3.10. The van der Waals surface area contributed by atoms with Gasteiger partial charge in [-0.3, -0.25) is 10.1 Å². The zero-order valence-corrected chi connectivity index (χ0v) is 7.69. The summed E-state index contributed by atoms with van der Waals surface area (Å²) in [7, 11) is 1.60. The van der Waals surface area contributed by atoms with E-state index in [4.69, 9.17) is 4.74 Å². The average Bonchev–Trinajstić information content (AvgIpc) is 2.59. The van der Waals surface area contributed by atoms with Crippen molar-refractivity contribution in [2.75, 3.05) is 19.0 Å². The number of nitro benzene ring substituents is 1. The summed E-state index contributed by atoms with van der Waals surface area (Å²) >= 11 is 0. The molecule has 0 saturated carbocycles. The number of hydrogen-bond donors (Lipinski definition) is 1. The SMILES string of the molecule is COC1CNc2c1cccc2[N+](=O)[O-]. The number of rotatable bonds is 2. The first-order valence-corrected chi connectivity index (χ1v) is 4.28. The summed E-state index contributed by atoms with van der Waals surface area (Å²) in [6.07, 6.45) is -0.0788. The van der Waals surface area contributed by atoms with Gasteiger partial charge in [0.15, 0.2) is 0 Å². The molecular weight excluding hydrogens is 184 g/mol. The van der Waals surface area contributed by atoms with Crippen molar-refractivity contribution in [3.05, 3.63) is 33.9 Å². The van der Waals surface area contributed by atoms with E-state index in [1.807, 2.05) is 6.07 Å². The van der Waals surface area contributed by atoms with Crippen LogP contribution in [0.4, 0.5) is 11.4 Å². The van der Waals surface area contributed by atoms with Gasteiger partial charge in [-0.05, 0) is 0 Å².